The van der Waals surface area contributed by atoms with Crippen LogP contribution in [0.1, 0.15) is 35.7 Å². The van der Waals surface area contributed by atoms with Gasteiger partial charge in [-0.15, -0.1) is 0 Å². The molecular weight excluding hydrogens is 268 g/mol. The number of hydrogen-bond donors (Lipinski definition) is 1. The zero-order valence-corrected chi connectivity index (χ0v) is 13.0. The third kappa shape index (κ3) is 3.51. The fraction of sp³-hybridized carbons (Fsp3) is 0.375. The minimum atomic E-state index is -0.00527. The SMILES string of the molecule is CCCc1nc(SC)[nH]c(=O)c1Cc1cccc(C)c1. The van der Waals surface area contributed by atoms with Crippen LogP contribution in [0.4, 0.5) is 0 Å². The second-order valence-corrected chi connectivity index (χ2v) is 5.71. The predicted octanol–water partition coefficient (Wildman–Crippen LogP) is 3.34. The molecule has 4 heteroatoms. The number of rotatable bonds is 5. The van der Waals surface area contributed by atoms with Crippen LogP contribution < -0.4 is 5.56 Å². The van der Waals surface area contributed by atoms with Gasteiger partial charge in [-0.2, -0.15) is 0 Å². The number of thioether (sulfide) groups is 1. The second kappa shape index (κ2) is 6.75. The molecule has 0 radical (unpaired) electrons. The van der Waals surface area contributed by atoms with Crippen LogP contribution in [0.25, 0.3) is 0 Å². The van der Waals surface area contributed by atoms with Crippen molar-refractivity contribution in [3.8, 4) is 0 Å². The Balaban J connectivity index is 2.42. The first-order valence-corrected chi connectivity index (χ1v) is 8.08. The van der Waals surface area contributed by atoms with Crippen LogP contribution in [-0.4, -0.2) is 16.2 Å². The average molecular weight is 288 g/mol. The third-order valence-corrected chi connectivity index (χ3v) is 3.80. The summed E-state index contributed by atoms with van der Waals surface area (Å²) in [5.74, 6) is 0. The van der Waals surface area contributed by atoms with Gasteiger partial charge in [0.25, 0.3) is 5.56 Å². The lowest BCUT2D eigenvalue weighted by Gasteiger charge is -2.09. The highest BCUT2D eigenvalue weighted by Gasteiger charge is 2.11. The van der Waals surface area contributed by atoms with Gasteiger partial charge in [-0.1, -0.05) is 54.9 Å². The van der Waals surface area contributed by atoms with E-state index in [1.165, 1.54) is 17.3 Å². The molecular formula is C16H20N2OS. The molecule has 0 atom stereocenters. The molecule has 0 saturated carbocycles. The Morgan fingerprint density at radius 1 is 1.35 bits per heavy atom. The number of aromatic amines is 1. The zero-order chi connectivity index (χ0) is 14.5. The minimum absolute atomic E-state index is 0.00527. The van der Waals surface area contributed by atoms with Crippen molar-refractivity contribution in [2.24, 2.45) is 0 Å². The Morgan fingerprint density at radius 3 is 2.80 bits per heavy atom. The number of aryl methyl sites for hydroxylation is 2. The van der Waals surface area contributed by atoms with Crippen molar-refractivity contribution in [1.82, 2.24) is 9.97 Å². The van der Waals surface area contributed by atoms with Gasteiger partial charge < -0.3 is 4.98 Å². The van der Waals surface area contributed by atoms with Gasteiger partial charge in [-0.25, -0.2) is 4.98 Å². The van der Waals surface area contributed by atoms with Gasteiger partial charge in [-0.05, 0) is 25.2 Å². The van der Waals surface area contributed by atoms with Gasteiger partial charge in [-0.3, -0.25) is 4.79 Å². The van der Waals surface area contributed by atoms with E-state index in [0.717, 1.165) is 29.7 Å². The number of aromatic nitrogens is 2. The maximum atomic E-state index is 12.3. The number of benzene rings is 1. The van der Waals surface area contributed by atoms with Crippen molar-refractivity contribution in [1.29, 1.82) is 0 Å². The monoisotopic (exact) mass is 288 g/mol. The molecule has 1 N–H and O–H groups in total. The van der Waals surface area contributed by atoms with Crippen molar-refractivity contribution < 1.29 is 0 Å². The Bertz CT molecular complexity index is 649. The van der Waals surface area contributed by atoms with Crippen LogP contribution in [0.3, 0.4) is 0 Å². The standard InChI is InChI=1S/C16H20N2OS/c1-4-6-14-13(15(19)18-16(17-14)20-3)10-12-8-5-7-11(2)9-12/h5,7-9H,4,6,10H2,1-3H3,(H,17,18,19). The van der Waals surface area contributed by atoms with Crippen molar-refractivity contribution in [2.45, 2.75) is 38.3 Å². The lowest BCUT2D eigenvalue weighted by molar-refractivity contribution is 0.789. The molecule has 0 aliphatic heterocycles. The molecule has 106 valence electrons. The topological polar surface area (TPSA) is 45.8 Å². The molecule has 2 aromatic rings. The molecule has 20 heavy (non-hydrogen) atoms. The molecule has 0 fully saturated rings. The Hall–Kier alpha value is -1.55. The Labute approximate surface area is 123 Å². The van der Waals surface area contributed by atoms with E-state index in [9.17, 15) is 4.79 Å². The maximum Gasteiger partial charge on any atom is 0.255 e. The molecule has 0 aliphatic rings. The summed E-state index contributed by atoms with van der Waals surface area (Å²) >= 11 is 1.47. The number of H-pyrrole nitrogens is 1. The van der Waals surface area contributed by atoms with Gasteiger partial charge in [0, 0.05) is 12.0 Å². The Morgan fingerprint density at radius 2 is 2.15 bits per heavy atom. The molecule has 0 saturated heterocycles. The van der Waals surface area contributed by atoms with Crippen LogP contribution in [0.15, 0.2) is 34.2 Å². The largest absolute Gasteiger partial charge is 0.301 e. The molecule has 0 amide bonds. The second-order valence-electron chi connectivity index (χ2n) is 4.92. The van der Waals surface area contributed by atoms with Gasteiger partial charge in [0.15, 0.2) is 5.16 Å². The van der Waals surface area contributed by atoms with E-state index >= 15 is 0 Å². The normalized spacial score (nSPS) is 10.8. The summed E-state index contributed by atoms with van der Waals surface area (Å²) < 4.78 is 0. The van der Waals surface area contributed by atoms with Crippen LogP contribution >= 0.6 is 11.8 Å². The predicted molar refractivity (Wildman–Crippen MR) is 84.6 cm³/mol. The number of nitrogens with zero attached hydrogens (tertiary/aromatic N) is 1. The molecule has 2 rings (SSSR count). The minimum Gasteiger partial charge on any atom is -0.301 e. The summed E-state index contributed by atoms with van der Waals surface area (Å²) in [6, 6.07) is 8.28. The van der Waals surface area contributed by atoms with Crippen LogP contribution in [0.2, 0.25) is 0 Å². The summed E-state index contributed by atoms with van der Waals surface area (Å²) in [6.07, 6.45) is 4.41. The van der Waals surface area contributed by atoms with E-state index in [4.69, 9.17) is 0 Å². The number of nitrogens with one attached hydrogen (secondary N) is 1. The van der Waals surface area contributed by atoms with Crippen LogP contribution in [0.5, 0.6) is 0 Å². The molecule has 0 bridgehead atoms. The van der Waals surface area contributed by atoms with Gasteiger partial charge in [0.2, 0.25) is 0 Å². The van der Waals surface area contributed by atoms with Crippen LogP contribution in [0, 0.1) is 6.92 Å². The van der Waals surface area contributed by atoms with Gasteiger partial charge in [0.05, 0.1) is 5.69 Å². The summed E-state index contributed by atoms with van der Waals surface area (Å²) in [6.45, 7) is 4.17. The first kappa shape index (κ1) is 14.9. The van der Waals surface area contributed by atoms with Crippen molar-refractivity contribution in [2.75, 3.05) is 6.26 Å². The maximum absolute atomic E-state index is 12.3. The molecule has 1 heterocycles. The van der Waals surface area contributed by atoms with Crippen LogP contribution in [-0.2, 0) is 12.8 Å². The molecule has 0 unspecified atom stereocenters. The Kier molecular flexibility index (Phi) is 5.01. The highest BCUT2D eigenvalue weighted by atomic mass is 32.2. The van der Waals surface area contributed by atoms with E-state index in [2.05, 4.69) is 42.0 Å². The zero-order valence-electron chi connectivity index (χ0n) is 12.2. The first-order chi connectivity index (χ1) is 9.63. The highest BCUT2D eigenvalue weighted by Crippen LogP contribution is 2.15. The smallest absolute Gasteiger partial charge is 0.255 e. The van der Waals surface area contributed by atoms with Gasteiger partial charge >= 0.3 is 0 Å². The fourth-order valence-corrected chi connectivity index (χ4v) is 2.67. The number of hydrogen-bond acceptors (Lipinski definition) is 3. The first-order valence-electron chi connectivity index (χ1n) is 6.85. The van der Waals surface area contributed by atoms with E-state index < -0.39 is 0 Å². The average Bonchev–Trinajstić information content (AvgIpc) is 2.42. The molecule has 1 aromatic carbocycles. The van der Waals surface area contributed by atoms with Gasteiger partial charge in [0.1, 0.15) is 0 Å². The lowest BCUT2D eigenvalue weighted by atomic mass is 10.0. The van der Waals surface area contributed by atoms with E-state index in [1.807, 2.05) is 12.3 Å². The van der Waals surface area contributed by atoms with Crippen molar-refractivity contribution >= 4 is 11.8 Å². The highest BCUT2D eigenvalue weighted by molar-refractivity contribution is 7.98. The summed E-state index contributed by atoms with van der Waals surface area (Å²) in [5, 5.41) is 0.700. The molecule has 3 nitrogen and oxygen atoms in total. The molecule has 1 aromatic heterocycles. The van der Waals surface area contributed by atoms with E-state index in [-0.39, 0.29) is 5.56 Å². The third-order valence-electron chi connectivity index (χ3n) is 3.22. The quantitative estimate of drug-likeness (QED) is 0.678. The van der Waals surface area contributed by atoms with E-state index in [1.54, 1.807) is 0 Å². The molecule has 0 spiro atoms. The summed E-state index contributed by atoms with van der Waals surface area (Å²) in [5.41, 5.74) is 4.10. The van der Waals surface area contributed by atoms with Crippen molar-refractivity contribution in [3.05, 3.63) is 57.0 Å². The van der Waals surface area contributed by atoms with Crippen molar-refractivity contribution in [3.63, 3.8) is 0 Å². The summed E-state index contributed by atoms with van der Waals surface area (Å²) in [4.78, 5) is 19.7. The fourth-order valence-electron chi connectivity index (χ4n) is 2.27. The lowest BCUT2D eigenvalue weighted by Crippen LogP contribution is -2.19. The summed E-state index contributed by atoms with van der Waals surface area (Å²) in [7, 11) is 0. The van der Waals surface area contributed by atoms with E-state index in [0.29, 0.717) is 11.6 Å². The molecule has 0 aliphatic carbocycles.